The third kappa shape index (κ3) is 5.37. The van der Waals surface area contributed by atoms with Gasteiger partial charge < -0.3 is 10.0 Å². The van der Waals surface area contributed by atoms with E-state index in [0.717, 1.165) is 25.7 Å². The Labute approximate surface area is 157 Å². The van der Waals surface area contributed by atoms with Gasteiger partial charge in [-0.1, -0.05) is 26.2 Å². The van der Waals surface area contributed by atoms with Crippen LogP contribution in [0, 0.1) is 10.1 Å². The zero-order chi connectivity index (χ0) is 19.8. The van der Waals surface area contributed by atoms with Gasteiger partial charge in [0.1, 0.15) is 0 Å². The molecule has 0 spiro atoms. The first-order chi connectivity index (χ1) is 12.9. The van der Waals surface area contributed by atoms with Crippen molar-refractivity contribution in [2.75, 3.05) is 11.4 Å². The zero-order valence-electron chi connectivity index (χ0n) is 15.1. The Morgan fingerprint density at radius 2 is 1.56 bits per heavy atom. The molecule has 0 aromatic heterocycles. The lowest BCUT2D eigenvalue weighted by Crippen LogP contribution is -2.32. The first kappa shape index (κ1) is 20.1. The van der Waals surface area contributed by atoms with Gasteiger partial charge >= 0.3 is 5.97 Å². The molecule has 0 radical (unpaired) electrons. The number of hydrogen-bond donors (Lipinski definition) is 1. The van der Waals surface area contributed by atoms with Crippen LogP contribution in [0.15, 0.2) is 48.5 Å². The number of nitrogens with zero attached hydrogens (tertiary/aromatic N) is 2. The maximum Gasteiger partial charge on any atom is 0.335 e. The number of nitro benzene ring substituents is 1. The molecule has 0 unspecified atom stereocenters. The topological polar surface area (TPSA) is 101 Å². The van der Waals surface area contributed by atoms with Gasteiger partial charge in [0.25, 0.3) is 11.6 Å². The van der Waals surface area contributed by atoms with Crippen LogP contribution < -0.4 is 4.90 Å². The molecule has 142 valence electrons. The van der Waals surface area contributed by atoms with Crippen LogP contribution in [0.5, 0.6) is 0 Å². The van der Waals surface area contributed by atoms with Crippen LogP contribution >= 0.6 is 0 Å². The highest BCUT2D eigenvalue weighted by Crippen LogP contribution is 2.21. The van der Waals surface area contributed by atoms with E-state index in [2.05, 4.69) is 6.92 Å². The number of carbonyl (C=O) groups excluding carboxylic acids is 1. The Kier molecular flexibility index (Phi) is 7.05. The highest BCUT2D eigenvalue weighted by molar-refractivity contribution is 6.06. The largest absolute Gasteiger partial charge is 0.478 e. The number of aromatic carboxylic acids is 1. The molecule has 2 rings (SSSR count). The van der Waals surface area contributed by atoms with Gasteiger partial charge in [0.05, 0.1) is 10.5 Å². The highest BCUT2D eigenvalue weighted by atomic mass is 16.6. The summed E-state index contributed by atoms with van der Waals surface area (Å²) in [5.74, 6) is -1.30. The molecule has 1 N–H and O–H groups in total. The molecule has 27 heavy (non-hydrogen) atoms. The first-order valence-corrected chi connectivity index (χ1v) is 8.83. The lowest BCUT2D eigenvalue weighted by Gasteiger charge is -2.23. The van der Waals surface area contributed by atoms with Crippen molar-refractivity contribution in [1.82, 2.24) is 0 Å². The number of carboxylic acids is 1. The fourth-order valence-corrected chi connectivity index (χ4v) is 2.71. The molecule has 0 aliphatic rings. The van der Waals surface area contributed by atoms with E-state index in [4.69, 9.17) is 5.11 Å². The minimum Gasteiger partial charge on any atom is -0.478 e. The summed E-state index contributed by atoms with van der Waals surface area (Å²) in [4.78, 5) is 35.8. The number of amides is 1. The average Bonchev–Trinajstić information content (AvgIpc) is 2.68. The molecular formula is C20H22N2O5. The Morgan fingerprint density at radius 3 is 2.07 bits per heavy atom. The summed E-state index contributed by atoms with van der Waals surface area (Å²) in [6.07, 6.45) is 3.93. The van der Waals surface area contributed by atoms with Gasteiger partial charge in [-0.2, -0.15) is 0 Å². The van der Waals surface area contributed by atoms with Gasteiger partial charge in [-0.3, -0.25) is 14.9 Å². The van der Waals surface area contributed by atoms with Gasteiger partial charge in [0.2, 0.25) is 0 Å². The van der Waals surface area contributed by atoms with Gasteiger partial charge in [0, 0.05) is 29.9 Å². The van der Waals surface area contributed by atoms with Crippen LogP contribution in [0.2, 0.25) is 0 Å². The molecule has 7 heteroatoms. The molecule has 7 nitrogen and oxygen atoms in total. The van der Waals surface area contributed by atoms with Crippen molar-refractivity contribution in [3.05, 3.63) is 69.8 Å². The van der Waals surface area contributed by atoms with E-state index >= 15 is 0 Å². The number of anilines is 1. The summed E-state index contributed by atoms with van der Waals surface area (Å²) >= 11 is 0. The maximum atomic E-state index is 12.9. The second-order valence-electron chi connectivity index (χ2n) is 6.17. The number of hydrogen-bond acceptors (Lipinski definition) is 4. The van der Waals surface area contributed by atoms with Crippen LogP contribution in [0.4, 0.5) is 11.4 Å². The van der Waals surface area contributed by atoms with E-state index < -0.39 is 10.9 Å². The normalized spacial score (nSPS) is 10.4. The van der Waals surface area contributed by atoms with Crippen molar-refractivity contribution >= 4 is 23.3 Å². The molecule has 0 atom stereocenters. The number of carbonyl (C=O) groups is 2. The third-order valence-corrected chi connectivity index (χ3v) is 4.23. The van der Waals surface area contributed by atoms with Gasteiger partial charge in [-0.05, 0) is 42.8 Å². The van der Waals surface area contributed by atoms with Gasteiger partial charge in [-0.15, -0.1) is 0 Å². The molecule has 0 saturated carbocycles. The Morgan fingerprint density at radius 1 is 0.963 bits per heavy atom. The summed E-state index contributed by atoms with van der Waals surface area (Å²) in [6.45, 7) is 2.59. The fourth-order valence-electron chi connectivity index (χ4n) is 2.71. The van der Waals surface area contributed by atoms with Crippen molar-refractivity contribution < 1.29 is 19.6 Å². The van der Waals surface area contributed by atoms with E-state index in [0.29, 0.717) is 17.8 Å². The van der Waals surface area contributed by atoms with Crippen molar-refractivity contribution in [1.29, 1.82) is 0 Å². The molecular weight excluding hydrogens is 348 g/mol. The minimum atomic E-state index is -1.03. The van der Waals surface area contributed by atoms with Crippen molar-refractivity contribution in [3.8, 4) is 0 Å². The molecule has 0 fully saturated rings. The first-order valence-electron chi connectivity index (χ1n) is 8.83. The number of non-ortho nitro benzene ring substituents is 1. The lowest BCUT2D eigenvalue weighted by molar-refractivity contribution is -0.384. The highest BCUT2D eigenvalue weighted by Gasteiger charge is 2.19. The molecule has 0 heterocycles. The average molecular weight is 370 g/mol. The maximum absolute atomic E-state index is 12.9. The van der Waals surface area contributed by atoms with Crippen molar-refractivity contribution in [2.45, 2.75) is 32.6 Å². The Hall–Kier alpha value is -3.22. The second kappa shape index (κ2) is 9.47. The number of rotatable bonds is 9. The van der Waals surface area contributed by atoms with E-state index in [1.54, 1.807) is 17.0 Å². The Balaban J connectivity index is 2.25. The van der Waals surface area contributed by atoms with E-state index in [-0.39, 0.29) is 17.2 Å². The van der Waals surface area contributed by atoms with E-state index in [1.165, 1.54) is 36.4 Å². The smallest absolute Gasteiger partial charge is 0.335 e. The molecule has 0 aliphatic heterocycles. The molecule has 0 saturated heterocycles. The number of carboxylic acid groups (broad SMARTS) is 1. The van der Waals surface area contributed by atoms with Crippen LogP contribution in [0.25, 0.3) is 0 Å². The SMILES string of the molecule is CCCCCCN(C(=O)c1ccc([N+](=O)[O-])cc1)c1ccc(C(=O)O)cc1. The van der Waals surface area contributed by atoms with Crippen LogP contribution in [-0.2, 0) is 0 Å². The molecule has 2 aromatic rings. The number of nitro groups is 1. The zero-order valence-corrected chi connectivity index (χ0v) is 15.1. The summed E-state index contributed by atoms with van der Waals surface area (Å²) in [5, 5.41) is 19.8. The second-order valence-corrected chi connectivity index (χ2v) is 6.17. The van der Waals surface area contributed by atoms with E-state index in [9.17, 15) is 19.7 Å². The van der Waals surface area contributed by atoms with Crippen molar-refractivity contribution in [2.24, 2.45) is 0 Å². The predicted molar refractivity (Wildman–Crippen MR) is 102 cm³/mol. The number of unbranched alkanes of at least 4 members (excludes halogenated alkanes) is 3. The quantitative estimate of drug-likeness (QED) is 0.397. The third-order valence-electron chi connectivity index (χ3n) is 4.23. The van der Waals surface area contributed by atoms with Gasteiger partial charge in [0.15, 0.2) is 0 Å². The summed E-state index contributed by atoms with van der Waals surface area (Å²) in [6, 6.07) is 11.6. The lowest BCUT2D eigenvalue weighted by atomic mass is 10.1. The summed E-state index contributed by atoms with van der Waals surface area (Å²) < 4.78 is 0. The van der Waals surface area contributed by atoms with Crippen molar-refractivity contribution in [3.63, 3.8) is 0 Å². The monoisotopic (exact) mass is 370 g/mol. The summed E-state index contributed by atoms with van der Waals surface area (Å²) in [7, 11) is 0. The van der Waals surface area contributed by atoms with Crippen LogP contribution in [0.3, 0.4) is 0 Å². The van der Waals surface area contributed by atoms with Crippen LogP contribution in [-0.4, -0.2) is 28.5 Å². The summed E-state index contributed by atoms with van der Waals surface area (Å²) in [5.41, 5.74) is 1.01. The standard InChI is InChI=1S/C20H22N2O5/c1-2-3-4-5-14-21(17-10-8-16(9-11-17)20(24)25)19(23)15-6-12-18(13-7-15)22(26)27/h6-13H,2-5,14H2,1H3,(H,24,25). The number of benzene rings is 2. The van der Waals surface area contributed by atoms with Crippen LogP contribution in [0.1, 0.15) is 53.3 Å². The van der Waals surface area contributed by atoms with Gasteiger partial charge in [-0.25, -0.2) is 4.79 Å². The molecule has 0 bridgehead atoms. The van der Waals surface area contributed by atoms with E-state index in [1.807, 2.05) is 0 Å². The minimum absolute atomic E-state index is 0.0770. The molecule has 0 aliphatic carbocycles. The fraction of sp³-hybridized carbons (Fsp3) is 0.300. The molecule has 1 amide bonds. The predicted octanol–water partition coefficient (Wildman–Crippen LogP) is 4.52. The molecule has 2 aromatic carbocycles. The Bertz CT molecular complexity index is 800.